The van der Waals surface area contributed by atoms with Crippen LogP contribution in [-0.2, 0) is 24.1 Å². The highest BCUT2D eigenvalue weighted by Crippen LogP contribution is 2.39. The summed E-state index contributed by atoms with van der Waals surface area (Å²) in [5.41, 5.74) is 7.82. The Morgan fingerprint density at radius 2 is 1.93 bits per heavy atom. The highest BCUT2D eigenvalue weighted by atomic mass is 35.5. The minimum Gasteiger partial charge on any atom is -0.486 e. The lowest BCUT2D eigenvalue weighted by atomic mass is 10.0. The van der Waals surface area contributed by atoms with Crippen LogP contribution in [0.2, 0.25) is 5.02 Å². The third kappa shape index (κ3) is 3.82. The van der Waals surface area contributed by atoms with Crippen molar-refractivity contribution in [2.24, 2.45) is 5.73 Å². The second-order valence-electron chi connectivity index (χ2n) is 6.96. The van der Waals surface area contributed by atoms with Crippen molar-refractivity contribution in [2.45, 2.75) is 38.5 Å². The number of aryl methyl sites for hydroxylation is 1. The zero-order valence-electron chi connectivity index (χ0n) is 15.3. The Kier molecular flexibility index (Phi) is 5.46. The van der Waals surface area contributed by atoms with E-state index in [1.54, 1.807) is 12.1 Å². The summed E-state index contributed by atoms with van der Waals surface area (Å²) in [5.74, 6) is 0.334. The lowest BCUT2D eigenvalue weighted by molar-refractivity contribution is -0.115. The van der Waals surface area contributed by atoms with Crippen LogP contribution in [-0.4, -0.2) is 25.0 Å². The van der Waals surface area contributed by atoms with Crippen LogP contribution < -0.4 is 20.5 Å². The van der Waals surface area contributed by atoms with E-state index in [1.165, 1.54) is 11.3 Å². The number of benzene rings is 1. The number of primary amides is 1. The SMILES string of the molecule is NC(=O)c1c(NC(=O)Cc2cc(Cl)c3c(c2)OCCO3)sc2c1CCCCC2. The van der Waals surface area contributed by atoms with Gasteiger partial charge in [-0.05, 0) is 48.9 Å². The van der Waals surface area contributed by atoms with Crippen LogP contribution in [0.25, 0.3) is 0 Å². The average molecular weight is 421 g/mol. The van der Waals surface area contributed by atoms with Crippen LogP contribution in [0.5, 0.6) is 11.5 Å². The number of nitrogens with two attached hydrogens (primary N) is 1. The molecule has 3 N–H and O–H groups in total. The van der Waals surface area contributed by atoms with Gasteiger partial charge in [0.05, 0.1) is 17.0 Å². The van der Waals surface area contributed by atoms with Crippen molar-refractivity contribution in [3.8, 4) is 11.5 Å². The fourth-order valence-corrected chi connectivity index (χ4v) is 5.31. The first-order valence-electron chi connectivity index (χ1n) is 9.35. The van der Waals surface area contributed by atoms with E-state index in [0.717, 1.165) is 42.5 Å². The van der Waals surface area contributed by atoms with Crippen molar-refractivity contribution >= 4 is 39.8 Å². The molecule has 4 rings (SSSR count). The first kappa shape index (κ1) is 19.1. The van der Waals surface area contributed by atoms with Gasteiger partial charge < -0.3 is 20.5 Å². The number of ether oxygens (including phenoxy) is 2. The molecule has 1 aliphatic heterocycles. The van der Waals surface area contributed by atoms with Crippen molar-refractivity contribution in [3.63, 3.8) is 0 Å². The van der Waals surface area contributed by atoms with Crippen LogP contribution >= 0.6 is 22.9 Å². The topological polar surface area (TPSA) is 90.7 Å². The fraction of sp³-hybridized carbons (Fsp3) is 0.400. The Labute approximate surface area is 172 Å². The summed E-state index contributed by atoms with van der Waals surface area (Å²) in [6, 6.07) is 3.46. The number of hydrogen-bond acceptors (Lipinski definition) is 5. The molecule has 2 aliphatic rings. The van der Waals surface area contributed by atoms with Gasteiger partial charge in [0.1, 0.15) is 18.2 Å². The molecule has 28 heavy (non-hydrogen) atoms. The summed E-state index contributed by atoms with van der Waals surface area (Å²) in [6.45, 7) is 0.896. The standard InChI is InChI=1S/C20H21ClN2O4S/c21-13-8-11(9-14-18(13)27-7-6-26-14)10-16(24)23-20-17(19(22)25)12-4-2-1-3-5-15(12)28-20/h8-9H,1-7,10H2,(H2,22,25)(H,23,24). The number of thiophene rings is 1. The molecule has 0 unspecified atom stereocenters. The van der Waals surface area contributed by atoms with E-state index in [0.29, 0.717) is 45.9 Å². The van der Waals surface area contributed by atoms with Crippen LogP contribution in [0.1, 0.15) is 45.6 Å². The second-order valence-corrected chi connectivity index (χ2v) is 8.47. The lowest BCUT2D eigenvalue weighted by Crippen LogP contribution is -2.19. The third-order valence-corrected chi connectivity index (χ3v) is 6.43. The first-order valence-corrected chi connectivity index (χ1v) is 10.5. The van der Waals surface area contributed by atoms with E-state index < -0.39 is 5.91 Å². The quantitative estimate of drug-likeness (QED) is 0.737. The van der Waals surface area contributed by atoms with E-state index in [4.69, 9.17) is 26.8 Å². The molecule has 0 atom stereocenters. The number of fused-ring (bicyclic) bond motifs is 2. The molecule has 2 heterocycles. The summed E-state index contributed by atoms with van der Waals surface area (Å²) in [5, 5.41) is 3.85. The Balaban J connectivity index is 1.54. The number of amides is 2. The highest BCUT2D eigenvalue weighted by Gasteiger charge is 2.24. The molecule has 0 saturated carbocycles. The minimum absolute atomic E-state index is 0.108. The predicted molar refractivity (Wildman–Crippen MR) is 109 cm³/mol. The lowest BCUT2D eigenvalue weighted by Gasteiger charge is -2.20. The Bertz CT molecular complexity index is 941. The summed E-state index contributed by atoms with van der Waals surface area (Å²) in [7, 11) is 0. The molecule has 8 heteroatoms. The van der Waals surface area contributed by atoms with E-state index in [-0.39, 0.29) is 12.3 Å². The molecule has 1 aromatic heterocycles. The van der Waals surface area contributed by atoms with Gasteiger partial charge in [0.2, 0.25) is 5.91 Å². The van der Waals surface area contributed by atoms with Gasteiger partial charge in [-0.1, -0.05) is 18.0 Å². The van der Waals surface area contributed by atoms with Crippen molar-refractivity contribution in [1.82, 2.24) is 0 Å². The van der Waals surface area contributed by atoms with Crippen LogP contribution in [0.15, 0.2) is 12.1 Å². The van der Waals surface area contributed by atoms with Gasteiger partial charge in [-0.2, -0.15) is 0 Å². The highest BCUT2D eigenvalue weighted by molar-refractivity contribution is 7.17. The zero-order valence-corrected chi connectivity index (χ0v) is 16.9. The van der Waals surface area contributed by atoms with Gasteiger partial charge in [-0.3, -0.25) is 9.59 Å². The normalized spacial score (nSPS) is 15.5. The van der Waals surface area contributed by atoms with Crippen molar-refractivity contribution in [2.75, 3.05) is 18.5 Å². The molecule has 2 aromatic rings. The predicted octanol–water partition coefficient (Wildman–Crippen LogP) is 3.72. The van der Waals surface area contributed by atoms with Crippen LogP contribution in [0.4, 0.5) is 5.00 Å². The molecule has 1 aromatic carbocycles. The third-order valence-electron chi connectivity index (χ3n) is 4.94. The number of hydrogen-bond donors (Lipinski definition) is 2. The number of carbonyl (C=O) groups excluding carboxylic acids is 2. The maximum atomic E-state index is 12.6. The molecule has 0 bridgehead atoms. The first-order chi connectivity index (χ1) is 13.5. The molecule has 148 valence electrons. The van der Waals surface area contributed by atoms with Gasteiger partial charge in [0.15, 0.2) is 11.5 Å². The molecule has 0 fully saturated rings. The van der Waals surface area contributed by atoms with Crippen molar-refractivity contribution in [3.05, 3.63) is 38.7 Å². The molecular weight excluding hydrogens is 400 g/mol. The summed E-state index contributed by atoms with van der Waals surface area (Å²) in [6.07, 6.45) is 5.14. The maximum Gasteiger partial charge on any atom is 0.251 e. The van der Waals surface area contributed by atoms with E-state index in [1.807, 2.05) is 0 Å². The Morgan fingerprint density at radius 3 is 2.75 bits per heavy atom. The summed E-state index contributed by atoms with van der Waals surface area (Å²) >= 11 is 7.71. The number of nitrogens with one attached hydrogen (secondary N) is 1. The number of rotatable bonds is 4. The molecule has 0 radical (unpaired) electrons. The van der Waals surface area contributed by atoms with Crippen LogP contribution in [0.3, 0.4) is 0 Å². The molecular formula is C20H21ClN2O4S. The van der Waals surface area contributed by atoms with Gasteiger partial charge >= 0.3 is 0 Å². The smallest absolute Gasteiger partial charge is 0.251 e. The Morgan fingerprint density at radius 1 is 1.14 bits per heavy atom. The molecule has 0 spiro atoms. The number of halogens is 1. The van der Waals surface area contributed by atoms with Gasteiger partial charge in [-0.15, -0.1) is 11.3 Å². The summed E-state index contributed by atoms with van der Waals surface area (Å²) in [4.78, 5) is 25.8. The van der Waals surface area contributed by atoms with E-state index >= 15 is 0 Å². The molecule has 1 aliphatic carbocycles. The maximum absolute atomic E-state index is 12.6. The van der Waals surface area contributed by atoms with Gasteiger partial charge in [0.25, 0.3) is 5.91 Å². The van der Waals surface area contributed by atoms with Crippen molar-refractivity contribution < 1.29 is 19.1 Å². The van der Waals surface area contributed by atoms with E-state index in [9.17, 15) is 9.59 Å². The second kappa shape index (κ2) is 8.01. The summed E-state index contributed by atoms with van der Waals surface area (Å²) < 4.78 is 11.1. The molecule has 6 nitrogen and oxygen atoms in total. The van der Waals surface area contributed by atoms with Gasteiger partial charge in [0, 0.05) is 4.88 Å². The Hall–Kier alpha value is -2.25. The minimum atomic E-state index is -0.489. The fourth-order valence-electron chi connectivity index (χ4n) is 3.71. The monoisotopic (exact) mass is 420 g/mol. The molecule has 0 saturated heterocycles. The number of carbonyl (C=O) groups is 2. The van der Waals surface area contributed by atoms with E-state index in [2.05, 4.69) is 5.32 Å². The van der Waals surface area contributed by atoms with Crippen molar-refractivity contribution in [1.29, 1.82) is 0 Å². The van der Waals surface area contributed by atoms with Gasteiger partial charge in [-0.25, -0.2) is 0 Å². The number of anilines is 1. The largest absolute Gasteiger partial charge is 0.486 e. The average Bonchev–Trinajstić information content (AvgIpc) is 2.82. The molecule has 2 amide bonds. The van der Waals surface area contributed by atoms with Crippen LogP contribution in [0, 0.1) is 0 Å². The zero-order chi connectivity index (χ0) is 19.7.